The van der Waals surface area contributed by atoms with Crippen LogP contribution in [0.1, 0.15) is 64.2 Å². The van der Waals surface area contributed by atoms with Crippen LogP contribution in [0.25, 0.3) is 0 Å². The van der Waals surface area contributed by atoms with Crippen LogP contribution < -0.4 is 11.1 Å². The summed E-state index contributed by atoms with van der Waals surface area (Å²) in [5.74, 6) is 0. The highest BCUT2D eigenvalue weighted by Crippen LogP contribution is 2.24. The fourth-order valence-corrected chi connectivity index (χ4v) is 3.36. The lowest BCUT2D eigenvalue weighted by Crippen LogP contribution is -2.57. The molecular formula is C14H27N3O2. The topological polar surface area (TPSA) is 78.6 Å². The van der Waals surface area contributed by atoms with Gasteiger partial charge in [-0.3, -0.25) is 10.6 Å². The SMILES string of the molecule is NC(O)N(C(=O)NC1CCCCC1)C1CCCCC1. The molecule has 2 rings (SSSR count). The van der Waals surface area contributed by atoms with Gasteiger partial charge in [-0.05, 0) is 25.7 Å². The minimum atomic E-state index is -1.19. The molecule has 0 heterocycles. The zero-order valence-corrected chi connectivity index (χ0v) is 11.7. The normalized spacial score (nSPS) is 23.9. The predicted octanol–water partition coefficient (Wildman–Crippen LogP) is 1.90. The molecule has 0 aromatic rings. The Morgan fingerprint density at radius 1 is 1.05 bits per heavy atom. The van der Waals surface area contributed by atoms with Crippen molar-refractivity contribution in [3.63, 3.8) is 0 Å². The number of aliphatic hydroxyl groups excluding tert-OH is 1. The number of nitrogens with two attached hydrogens (primary N) is 1. The van der Waals surface area contributed by atoms with Gasteiger partial charge in [-0.1, -0.05) is 38.5 Å². The van der Waals surface area contributed by atoms with Crippen LogP contribution in [0.15, 0.2) is 0 Å². The van der Waals surface area contributed by atoms with Crippen molar-refractivity contribution in [1.29, 1.82) is 0 Å². The van der Waals surface area contributed by atoms with Gasteiger partial charge in [-0.25, -0.2) is 4.79 Å². The molecule has 110 valence electrons. The molecule has 0 radical (unpaired) electrons. The summed E-state index contributed by atoms with van der Waals surface area (Å²) in [6.07, 6.45) is 9.88. The van der Waals surface area contributed by atoms with E-state index in [4.69, 9.17) is 5.73 Å². The van der Waals surface area contributed by atoms with E-state index < -0.39 is 6.35 Å². The second-order valence-corrected chi connectivity index (χ2v) is 5.90. The average molecular weight is 269 g/mol. The van der Waals surface area contributed by atoms with Gasteiger partial charge >= 0.3 is 6.03 Å². The van der Waals surface area contributed by atoms with Gasteiger partial charge in [-0.15, -0.1) is 0 Å². The minimum absolute atomic E-state index is 0.0948. The molecule has 0 bridgehead atoms. The number of nitrogens with zero attached hydrogens (tertiary/aromatic N) is 1. The molecule has 0 aliphatic heterocycles. The monoisotopic (exact) mass is 269 g/mol. The van der Waals surface area contributed by atoms with Crippen molar-refractivity contribution >= 4 is 6.03 Å². The average Bonchev–Trinajstić information content (AvgIpc) is 2.40. The zero-order valence-electron chi connectivity index (χ0n) is 11.7. The zero-order chi connectivity index (χ0) is 13.7. The molecule has 0 spiro atoms. The summed E-state index contributed by atoms with van der Waals surface area (Å²) < 4.78 is 0. The van der Waals surface area contributed by atoms with Crippen molar-refractivity contribution in [2.24, 2.45) is 5.73 Å². The quantitative estimate of drug-likeness (QED) is 0.685. The minimum Gasteiger partial charge on any atom is -0.361 e. The second kappa shape index (κ2) is 7.10. The molecule has 1 unspecified atom stereocenters. The van der Waals surface area contributed by atoms with E-state index in [0.717, 1.165) is 38.5 Å². The maximum Gasteiger partial charge on any atom is 0.320 e. The first-order valence-electron chi connectivity index (χ1n) is 7.71. The lowest BCUT2D eigenvalue weighted by molar-refractivity contribution is -0.000111. The van der Waals surface area contributed by atoms with Crippen molar-refractivity contribution in [3.05, 3.63) is 0 Å². The number of aliphatic hydroxyl groups is 1. The van der Waals surface area contributed by atoms with Crippen LogP contribution in [0, 0.1) is 0 Å². The lowest BCUT2D eigenvalue weighted by Gasteiger charge is -2.37. The van der Waals surface area contributed by atoms with Gasteiger partial charge in [0, 0.05) is 12.1 Å². The van der Waals surface area contributed by atoms with Gasteiger partial charge in [0.1, 0.15) is 0 Å². The molecule has 2 aliphatic carbocycles. The molecule has 5 heteroatoms. The highest BCUT2D eigenvalue weighted by Gasteiger charge is 2.30. The predicted molar refractivity (Wildman–Crippen MR) is 74.3 cm³/mol. The fraction of sp³-hybridized carbons (Fsp3) is 0.929. The molecule has 2 fully saturated rings. The van der Waals surface area contributed by atoms with Crippen LogP contribution in [0.3, 0.4) is 0 Å². The Balaban J connectivity index is 1.91. The number of amides is 2. The van der Waals surface area contributed by atoms with Crippen molar-refractivity contribution < 1.29 is 9.90 Å². The Kier molecular flexibility index (Phi) is 5.45. The van der Waals surface area contributed by atoms with E-state index in [0.29, 0.717) is 0 Å². The molecule has 0 saturated heterocycles. The van der Waals surface area contributed by atoms with Crippen LogP contribution in [-0.2, 0) is 0 Å². The standard InChI is InChI=1S/C14H27N3O2/c15-13(18)17(12-9-5-2-6-10-12)14(19)16-11-7-3-1-4-8-11/h11-13,18H,1-10,15H2,(H,16,19). The van der Waals surface area contributed by atoms with Crippen LogP contribution in [0.5, 0.6) is 0 Å². The van der Waals surface area contributed by atoms with E-state index in [1.54, 1.807) is 0 Å². The molecule has 1 atom stereocenters. The smallest absolute Gasteiger partial charge is 0.320 e. The first-order valence-corrected chi connectivity index (χ1v) is 7.71. The van der Waals surface area contributed by atoms with Crippen LogP contribution in [0.4, 0.5) is 4.79 Å². The van der Waals surface area contributed by atoms with E-state index in [2.05, 4.69) is 5.32 Å². The molecule has 0 aromatic carbocycles. The van der Waals surface area contributed by atoms with Crippen molar-refractivity contribution in [2.45, 2.75) is 82.6 Å². The van der Waals surface area contributed by atoms with Gasteiger partial charge in [0.05, 0.1) is 0 Å². The Labute approximate surface area is 115 Å². The molecular weight excluding hydrogens is 242 g/mol. The summed E-state index contributed by atoms with van der Waals surface area (Å²) >= 11 is 0. The summed E-state index contributed by atoms with van der Waals surface area (Å²) in [7, 11) is 0. The first-order chi connectivity index (χ1) is 9.18. The van der Waals surface area contributed by atoms with E-state index in [9.17, 15) is 9.90 Å². The summed E-state index contributed by atoms with van der Waals surface area (Å²) in [6, 6.07) is 0.164. The molecule has 2 saturated carbocycles. The lowest BCUT2D eigenvalue weighted by atomic mass is 9.94. The van der Waals surface area contributed by atoms with E-state index >= 15 is 0 Å². The Hall–Kier alpha value is -0.810. The van der Waals surface area contributed by atoms with Crippen LogP contribution in [-0.4, -0.2) is 34.5 Å². The van der Waals surface area contributed by atoms with Gasteiger partial charge in [0.25, 0.3) is 0 Å². The summed E-state index contributed by atoms with van der Waals surface area (Å²) in [4.78, 5) is 13.8. The van der Waals surface area contributed by atoms with Gasteiger partial charge in [-0.2, -0.15) is 0 Å². The number of hydrogen-bond acceptors (Lipinski definition) is 3. The third kappa shape index (κ3) is 4.08. The van der Waals surface area contributed by atoms with Crippen LogP contribution >= 0.6 is 0 Å². The number of nitrogens with one attached hydrogen (secondary N) is 1. The van der Waals surface area contributed by atoms with Gasteiger partial charge < -0.3 is 10.4 Å². The van der Waals surface area contributed by atoms with Gasteiger partial charge in [0.2, 0.25) is 0 Å². The maximum atomic E-state index is 12.3. The molecule has 2 aliphatic rings. The van der Waals surface area contributed by atoms with E-state index in [-0.39, 0.29) is 18.1 Å². The van der Waals surface area contributed by atoms with E-state index in [1.165, 1.54) is 30.6 Å². The number of rotatable bonds is 3. The number of carbonyl (C=O) groups is 1. The maximum absolute atomic E-state index is 12.3. The largest absolute Gasteiger partial charge is 0.361 e. The second-order valence-electron chi connectivity index (χ2n) is 5.90. The molecule has 5 nitrogen and oxygen atoms in total. The Morgan fingerprint density at radius 3 is 2.11 bits per heavy atom. The summed E-state index contributed by atoms with van der Waals surface area (Å²) in [6.45, 7) is 0. The Morgan fingerprint density at radius 2 is 1.58 bits per heavy atom. The van der Waals surface area contributed by atoms with Crippen molar-refractivity contribution in [2.75, 3.05) is 0 Å². The summed E-state index contributed by atoms with van der Waals surface area (Å²) in [5, 5.41) is 12.8. The van der Waals surface area contributed by atoms with Crippen molar-refractivity contribution in [3.8, 4) is 0 Å². The third-order valence-electron chi connectivity index (χ3n) is 4.42. The molecule has 0 aromatic heterocycles. The molecule has 4 N–H and O–H groups in total. The fourth-order valence-electron chi connectivity index (χ4n) is 3.36. The highest BCUT2D eigenvalue weighted by atomic mass is 16.3. The van der Waals surface area contributed by atoms with Crippen LogP contribution in [0.2, 0.25) is 0 Å². The Bertz CT molecular complexity index is 284. The third-order valence-corrected chi connectivity index (χ3v) is 4.42. The van der Waals surface area contributed by atoms with Crippen molar-refractivity contribution in [1.82, 2.24) is 10.2 Å². The first kappa shape index (κ1) is 14.6. The summed E-state index contributed by atoms with van der Waals surface area (Å²) in [5.41, 5.74) is 5.59. The van der Waals surface area contributed by atoms with E-state index in [1.807, 2.05) is 0 Å². The number of urea groups is 1. The highest BCUT2D eigenvalue weighted by molar-refractivity contribution is 5.75. The molecule has 2 amide bonds. The number of hydrogen-bond donors (Lipinski definition) is 3. The number of carbonyl (C=O) groups excluding carboxylic acids is 1. The van der Waals surface area contributed by atoms with Gasteiger partial charge in [0.15, 0.2) is 6.35 Å². The molecule has 19 heavy (non-hydrogen) atoms.